The van der Waals surface area contributed by atoms with Gasteiger partial charge in [-0.25, -0.2) is 4.98 Å². The molecule has 2 fully saturated rings. The minimum absolute atomic E-state index is 0.101. The average Bonchev–Trinajstić information content (AvgIpc) is 2.88. The molecule has 2 saturated heterocycles. The molecule has 7 nitrogen and oxygen atoms in total. The van der Waals surface area contributed by atoms with E-state index in [9.17, 15) is 9.90 Å². The van der Waals surface area contributed by atoms with Gasteiger partial charge in [-0.15, -0.1) is 0 Å². The molecule has 1 aromatic heterocycles. The van der Waals surface area contributed by atoms with E-state index in [1.165, 1.54) is 19.3 Å². The zero-order chi connectivity index (χ0) is 16.4. The van der Waals surface area contributed by atoms with E-state index in [1.54, 1.807) is 0 Å². The Morgan fingerprint density at radius 1 is 1.30 bits per heavy atom. The van der Waals surface area contributed by atoms with Crippen molar-refractivity contribution < 1.29 is 9.90 Å². The predicted octanol–water partition coefficient (Wildman–Crippen LogP) is 1.34. The molecule has 0 aromatic carbocycles. The Balaban J connectivity index is 1.70. The molecule has 0 amide bonds. The zero-order valence-electron chi connectivity index (χ0n) is 13.8. The molecular weight excluding hydrogens is 294 g/mol. The Labute approximate surface area is 136 Å². The van der Waals surface area contributed by atoms with Crippen molar-refractivity contribution in [2.45, 2.75) is 44.7 Å². The Kier molecular flexibility index (Phi) is 4.66. The van der Waals surface area contributed by atoms with Crippen molar-refractivity contribution in [3.63, 3.8) is 0 Å². The second-order valence-corrected chi connectivity index (χ2v) is 6.61. The van der Waals surface area contributed by atoms with E-state index in [0.29, 0.717) is 13.0 Å². The molecule has 1 aromatic rings. The molecule has 23 heavy (non-hydrogen) atoms. The number of aliphatic carboxylic acids is 1. The van der Waals surface area contributed by atoms with Crippen molar-refractivity contribution in [3.05, 3.63) is 11.8 Å². The van der Waals surface area contributed by atoms with Gasteiger partial charge in [0.25, 0.3) is 0 Å². The molecule has 2 N–H and O–H groups in total. The normalized spacial score (nSPS) is 25.6. The van der Waals surface area contributed by atoms with Crippen LogP contribution in [-0.2, 0) is 4.79 Å². The third-order valence-corrected chi connectivity index (χ3v) is 4.67. The van der Waals surface area contributed by atoms with E-state index in [2.05, 4.69) is 20.2 Å². The number of carbonyl (C=O) groups is 1. The van der Waals surface area contributed by atoms with Gasteiger partial charge in [0.1, 0.15) is 11.9 Å². The van der Waals surface area contributed by atoms with E-state index in [4.69, 9.17) is 0 Å². The lowest BCUT2D eigenvalue weighted by molar-refractivity contribution is -0.141. The molecule has 126 valence electrons. The first kappa shape index (κ1) is 16.0. The van der Waals surface area contributed by atoms with Crippen molar-refractivity contribution in [1.82, 2.24) is 14.9 Å². The van der Waals surface area contributed by atoms with Gasteiger partial charge in [-0.3, -0.25) is 9.69 Å². The number of nitrogens with one attached hydrogen (secondary N) is 1. The molecule has 0 bridgehead atoms. The maximum absolute atomic E-state index is 11.2. The first-order valence-electron chi connectivity index (χ1n) is 8.33. The molecular formula is C16H25N5O2. The third-order valence-electron chi connectivity index (χ3n) is 4.67. The number of hydrogen-bond donors (Lipinski definition) is 2. The van der Waals surface area contributed by atoms with Gasteiger partial charge in [-0.05, 0) is 39.7 Å². The molecule has 7 heteroatoms. The minimum atomic E-state index is -0.760. The number of hydrogen-bond acceptors (Lipinski definition) is 6. The highest BCUT2D eigenvalue weighted by molar-refractivity contribution is 5.74. The number of aromatic nitrogens is 2. The number of carboxylic acid groups (broad SMARTS) is 1. The molecule has 0 unspecified atom stereocenters. The Hall–Kier alpha value is -1.89. The summed E-state index contributed by atoms with van der Waals surface area (Å²) in [5.74, 6) is 0.820. The van der Waals surface area contributed by atoms with Gasteiger partial charge < -0.3 is 15.3 Å². The summed E-state index contributed by atoms with van der Waals surface area (Å²) in [6, 6.07) is 1.61. The van der Waals surface area contributed by atoms with Gasteiger partial charge in [-0.1, -0.05) is 0 Å². The number of likely N-dealkylation sites (tertiary alicyclic amines) is 1. The van der Waals surface area contributed by atoms with Crippen LogP contribution in [0.5, 0.6) is 0 Å². The van der Waals surface area contributed by atoms with Crippen LogP contribution in [0.15, 0.2) is 6.07 Å². The maximum Gasteiger partial charge on any atom is 0.320 e. The van der Waals surface area contributed by atoms with E-state index >= 15 is 0 Å². The van der Waals surface area contributed by atoms with Crippen LogP contribution in [0.25, 0.3) is 0 Å². The Morgan fingerprint density at radius 2 is 2.04 bits per heavy atom. The van der Waals surface area contributed by atoms with Gasteiger partial charge >= 0.3 is 5.97 Å². The summed E-state index contributed by atoms with van der Waals surface area (Å²) in [5, 5.41) is 12.6. The number of carboxylic acids is 1. The quantitative estimate of drug-likeness (QED) is 0.867. The van der Waals surface area contributed by atoms with E-state index in [-0.39, 0.29) is 6.04 Å². The first-order chi connectivity index (χ1) is 11.0. The third kappa shape index (κ3) is 3.72. The summed E-state index contributed by atoms with van der Waals surface area (Å²) in [6.45, 7) is 4.70. The van der Waals surface area contributed by atoms with Gasteiger partial charge in [0, 0.05) is 37.4 Å². The standard InChI is InChI=1S/C16H25N5O2/c1-11-8-14(18-12-9-13(15(22)23)20(2)10-12)19-16(17-11)21-6-4-3-5-7-21/h8,12-13H,3-7,9-10H2,1-2H3,(H,22,23)(H,17,18,19)/t12-,13+/m1/s1. The highest BCUT2D eigenvalue weighted by Crippen LogP contribution is 2.22. The SMILES string of the molecule is Cc1cc(N[C@@H]2C[C@@H](C(=O)O)N(C)C2)nc(N2CCCCC2)n1. The number of anilines is 2. The largest absolute Gasteiger partial charge is 0.480 e. The van der Waals surface area contributed by atoms with E-state index in [0.717, 1.165) is 30.5 Å². The van der Waals surface area contributed by atoms with Gasteiger partial charge in [0.2, 0.25) is 5.95 Å². The van der Waals surface area contributed by atoms with Gasteiger partial charge in [0.15, 0.2) is 0 Å². The fourth-order valence-electron chi connectivity index (χ4n) is 3.46. The van der Waals surface area contributed by atoms with Crippen LogP contribution >= 0.6 is 0 Å². The summed E-state index contributed by atoms with van der Waals surface area (Å²) < 4.78 is 0. The molecule has 3 rings (SSSR count). The lowest BCUT2D eigenvalue weighted by Gasteiger charge is -2.27. The van der Waals surface area contributed by atoms with Crippen molar-refractivity contribution in [3.8, 4) is 0 Å². The van der Waals surface area contributed by atoms with E-state index < -0.39 is 12.0 Å². The number of piperidine rings is 1. The molecule has 2 aliphatic rings. The van der Waals surface area contributed by atoms with Crippen molar-refractivity contribution in [1.29, 1.82) is 0 Å². The smallest absolute Gasteiger partial charge is 0.320 e. The van der Waals surface area contributed by atoms with Crippen molar-refractivity contribution >= 4 is 17.7 Å². The van der Waals surface area contributed by atoms with Crippen LogP contribution in [-0.4, -0.2) is 64.7 Å². The van der Waals surface area contributed by atoms with Gasteiger partial charge in [0.05, 0.1) is 0 Å². The van der Waals surface area contributed by atoms with Crippen LogP contribution in [0.2, 0.25) is 0 Å². The molecule has 0 aliphatic carbocycles. The molecule has 0 spiro atoms. The fourth-order valence-corrected chi connectivity index (χ4v) is 3.46. The number of nitrogens with zero attached hydrogens (tertiary/aromatic N) is 4. The number of rotatable bonds is 4. The monoisotopic (exact) mass is 319 g/mol. The van der Waals surface area contributed by atoms with Crippen LogP contribution in [0.4, 0.5) is 11.8 Å². The molecule has 2 atom stereocenters. The second kappa shape index (κ2) is 6.70. The van der Waals surface area contributed by atoms with Gasteiger partial charge in [-0.2, -0.15) is 4.98 Å². The van der Waals surface area contributed by atoms with Crippen molar-refractivity contribution in [2.75, 3.05) is 36.9 Å². The first-order valence-corrected chi connectivity index (χ1v) is 8.33. The van der Waals surface area contributed by atoms with E-state index in [1.807, 2.05) is 24.9 Å². The highest BCUT2D eigenvalue weighted by Gasteiger charge is 2.34. The lowest BCUT2D eigenvalue weighted by Crippen LogP contribution is -2.32. The summed E-state index contributed by atoms with van der Waals surface area (Å²) >= 11 is 0. The zero-order valence-corrected chi connectivity index (χ0v) is 13.8. The molecule has 0 saturated carbocycles. The predicted molar refractivity (Wildman–Crippen MR) is 88.9 cm³/mol. The minimum Gasteiger partial charge on any atom is -0.480 e. The second-order valence-electron chi connectivity index (χ2n) is 6.61. The molecule has 2 aliphatic heterocycles. The lowest BCUT2D eigenvalue weighted by atomic mass is 10.1. The molecule has 0 radical (unpaired) electrons. The topological polar surface area (TPSA) is 81.6 Å². The molecule has 3 heterocycles. The summed E-state index contributed by atoms with van der Waals surface area (Å²) in [4.78, 5) is 24.6. The van der Waals surface area contributed by atoms with Crippen LogP contribution < -0.4 is 10.2 Å². The van der Waals surface area contributed by atoms with Crippen molar-refractivity contribution in [2.24, 2.45) is 0 Å². The summed E-state index contributed by atoms with van der Waals surface area (Å²) in [6.07, 6.45) is 4.24. The fraction of sp³-hybridized carbons (Fsp3) is 0.688. The summed E-state index contributed by atoms with van der Waals surface area (Å²) in [5.41, 5.74) is 0.934. The Bertz CT molecular complexity index is 574. The van der Waals surface area contributed by atoms with Crippen LogP contribution in [0, 0.1) is 6.92 Å². The van der Waals surface area contributed by atoms with Crippen LogP contribution in [0.1, 0.15) is 31.4 Å². The number of aryl methyl sites for hydroxylation is 1. The summed E-state index contributed by atoms with van der Waals surface area (Å²) in [7, 11) is 1.85. The average molecular weight is 319 g/mol. The Morgan fingerprint density at radius 3 is 2.70 bits per heavy atom. The highest BCUT2D eigenvalue weighted by atomic mass is 16.4. The maximum atomic E-state index is 11.2. The number of likely N-dealkylation sites (N-methyl/N-ethyl adjacent to an activating group) is 1. The van der Waals surface area contributed by atoms with Crippen LogP contribution in [0.3, 0.4) is 0 Å².